The monoisotopic (exact) mass is 1020 g/mol. The molecule has 0 aliphatic heterocycles. The van der Waals surface area contributed by atoms with Crippen LogP contribution in [-0.2, 0) is 9.59 Å². The Morgan fingerprint density at radius 3 is 0.662 bits per heavy atom. The van der Waals surface area contributed by atoms with E-state index in [-0.39, 0.29) is 28.8 Å². The molecule has 0 aliphatic carbocycles. The fraction of sp³-hybridized carbons (Fsp3) is 0.903. The second-order valence-electron chi connectivity index (χ2n) is 21.6. The van der Waals surface area contributed by atoms with E-state index in [9.17, 15) is 0 Å². The van der Waals surface area contributed by atoms with Crippen molar-refractivity contribution in [3.63, 3.8) is 0 Å². The minimum Gasteiger partial charge on any atom is -1.00 e. The minimum atomic E-state index is -0.767. The molecule has 68 heavy (non-hydrogen) atoms. The first-order chi connectivity index (χ1) is 32.9. The van der Waals surface area contributed by atoms with Crippen molar-refractivity contribution in [1.82, 2.24) is 9.80 Å². The highest BCUT2D eigenvalue weighted by atomic mass is 79.9. The summed E-state index contributed by atoms with van der Waals surface area (Å²) in [5.41, 5.74) is 0. The summed E-state index contributed by atoms with van der Waals surface area (Å²) in [6, 6.07) is -0.767. The van der Waals surface area contributed by atoms with E-state index in [0.717, 1.165) is 77.5 Å². The minimum absolute atomic E-state index is 0. The van der Waals surface area contributed by atoms with Gasteiger partial charge in [0, 0.05) is 26.2 Å². The molecule has 0 fully saturated rings. The number of hydrogen-bond donors (Lipinski definition) is 0. The van der Waals surface area contributed by atoms with Crippen molar-refractivity contribution in [2.75, 3.05) is 46.3 Å². The maximum atomic E-state index is 15.3. The van der Waals surface area contributed by atoms with Gasteiger partial charge in [-0.2, -0.15) is 0 Å². The zero-order chi connectivity index (χ0) is 49.2. The van der Waals surface area contributed by atoms with Crippen LogP contribution in [0.25, 0.3) is 0 Å². The summed E-state index contributed by atoms with van der Waals surface area (Å²) in [4.78, 5) is 34.9. The molecular formula is C62H122BrN3O2. The largest absolute Gasteiger partial charge is 1.00 e. The number of halogens is 1. The van der Waals surface area contributed by atoms with Crippen molar-refractivity contribution >= 4 is 11.8 Å². The molecule has 0 atom stereocenters. The van der Waals surface area contributed by atoms with Crippen LogP contribution in [0.5, 0.6) is 0 Å². The van der Waals surface area contributed by atoms with Gasteiger partial charge >= 0.3 is 0 Å². The van der Waals surface area contributed by atoms with Crippen molar-refractivity contribution in [3.05, 3.63) is 25.3 Å². The van der Waals surface area contributed by atoms with Crippen molar-refractivity contribution in [3.8, 4) is 0 Å². The van der Waals surface area contributed by atoms with Crippen LogP contribution >= 0.6 is 0 Å². The number of rotatable bonds is 55. The zero-order valence-electron chi connectivity index (χ0n) is 47.0. The summed E-state index contributed by atoms with van der Waals surface area (Å²) in [6.07, 6.45) is 60.8. The molecule has 0 radical (unpaired) electrons. The standard InChI is InChI=1S/C62H122N3O2.BrH/c1-8-14-18-22-26-30-34-36-40-44-48-52-56-63(54-50-46-42-38-32-28-24-20-16-10-3)61(66)60(65(7,58-12-5)59-13-6)62(67)64(55-51-47-43-39-33-29-25-21-17-11-4)57-53-49-45-41-37-35-31-27-23-19-15-9-2;/h12-13,60H,5-6,8-11,14-59H2,1-4,7H3;1H/q+1;/p-1. The molecule has 0 saturated carbocycles. The summed E-state index contributed by atoms with van der Waals surface area (Å²) in [6.45, 7) is 21.7. The number of nitrogens with zero attached hydrogens (tertiary/aromatic N) is 3. The molecule has 0 heterocycles. The van der Waals surface area contributed by atoms with Gasteiger partial charge in [-0.1, -0.05) is 298 Å². The highest BCUT2D eigenvalue weighted by Gasteiger charge is 2.46. The van der Waals surface area contributed by atoms with E-state index in [0.29, 0.717) is 17.6 Å². The van der Waals surface area contributed by atoms with Gasteiger partial charge in [-0.15, -0.1) is 0 Å². The number of amides is 2. The van der Waals surface area contributed by atoms with Gasteiger partial charge < -0.3 is 31.3 Å². The second kappa shape index (κ2) is 53.7. The lowest BCUT2D eigenvalue weighted by molar-refractivity contribution is -0.905. The van der Waals surface area contributed by atoms with Gasteiger partial charge in [-0.25, -0.2) is 0 Å². The number of quaternary nitrogens is 1. The van der Waals surface area contributed by atoms with Gasteiger partial charge in [0.1, 0.15) is 0 Å². The topological polar surface area (TPSA) is 40.6 Å². The van der Waals surface area contributed by atoms with Crippen LogP contribution in [0.4, 0.5) is 0 Å². The second-order valence-corrected chi connectivity index (χ2v) is 21.6. The van der Waals surface area contributed by atoms with Crippen molar-refractivity contribution in [1.29, 1.82) is 0 Å². The average Bonchev–Trinajstić information content (AvgIpc) is 3.32. The van der Waals surface area contributed by atoms with Crippen LogP contribution < -0.4 is 17.0 Å². The molecule has 5 nitrogen and oxygen atoms in total. The molecular weight excluding hydrogens is 899 g/mol. The van der Waals surface area contributed by atoms with Gasteiger partial charge in [0.15, 0.2) is 0 Å². The summed E-state index contributed by atoms with van der Waals surface area (Å²) in [5.74, 6) is 0.107. The lowest BCUT2D eigenvalue weighted by atomic mass is 10.0. The fourth-order valence-corrected chi connectivity index (χ4v) is 10.4. The number of carbonyl (C=O) groups excluding carboxylic acids is 2. The van der Waals surface area contributed by atoms with Crippen LogP contribution in [0, 0.1) is 0 Å². The molecule has 0 spiro atoms. The predicted molar refractivity (Wildman–Crippen MR) is 299 cm³/mol. The Balaban J connectivity index is 0. The van der Waals surface area contributed by atoms with E-state index in [2.05, 4.69) is 57.7 Å². The van der Waals surface area contributed by atoms with Crippen LogP contribution in [0.3, 0.4) is 0 Å². The molecule has 404 valence electrons. The third-order valence-electron chi connectivity index (χ3n) is 14.9. The third kappa shape index (κ3) is 40.5. The van der Waals surface area contributed by atoms with E-state index >= 15 is 9.59 Å². The molecule has 0 aromatic rings. The molecule has 6 heteroatoms. The van der Waals surface area contributed by atoms with E-state index in [1.54, 1.807) is 0 Å². The van der Waals surface area contributed by atoms with Crippen LogP contribution in [0.15, 0.2) is 25.3 Å². The zero-order valence-corrected chi connectivity index (χ0v) is 48.6. The summed E-state index contributed by atoms with van der Waals surface area (Å²) >= 11 is 0. The van der Waals surface area contributed by atoms with E-state index in [1.165, 1.54) is 231 Å². The number of unbranched alkanes of at least 4 members (excludes halogenated alkanes) is 40. The van der Waals surface area contributed by atoms with E-state index in [4.69, 9.17) is 0 Å². The average molecular weight is 1020 g/mol. The van der Waals surface area contributed by atoms with E-state index in [1.807, 2.05) is 12.2 Å². The van der Waals surface area contributed by atoms with Crippen molar-refractivity contribution in [2.24, 2.45) is 0 Å². The molecule has 0 unspecified atom stereocenters. The molecule has 0 N–H and O–H groups in total. The highest BCUT2D eigenvalue weighted by Crippen LogP contribution is 2.22. The van der Waals surface area contributed by atoms with Crippen LogP contribution in [0.2, 0.25) is 0 Å². The van der Waals surface area contributed by atoms with E-state index < -0.39 is 6.04 Å². The first-order valence-corrected chi connectivity index (χ1v) is 30.5. The maximum Gasteiger partial charge on any atom is 0.291 e. The predicted octanol–water partition coefficient (Wildman–Crippen LogP) is 16.1. The molecule has 0 saturated heterocycles. The number of likely N-dealkylation sites (N-methyl/N-ethyl adjacent to an activating group) is 1. The molecule has 2 amide bonds. The van der Waals surface area contributed by atoms with Crippen molar-refractivity contribution in [2.45, 2.75) is 316 Å². The molecule has 0 aromatic carbocycles. The number of hydrogen-bond acceptors (Lipinski definition) is 2. The van der Waals surface area contributed by atoms with Crippen LogP contribution in [-0.4, -0.2) is 78.5 Å². The van der Waals surface area contributed by atoms with Gasteiger partial charge in [-0.3, -0.25) is 9.59 Å². The van der Waals surface area contributed by atoms with Crippen molar-refractivity contribution < 1.29 is 31.1 Å². The summed E-state index contributed by atoms with van der Waals surface area (Å²) in [5, 5.41) is 0. The lowest BCUT2D eigenvalue weighted by Gasteiger charge is -2.42. The fourth-order valence-electron chi connectivity index (χ4n) is 10.4. The first-order valence-electron chi connectivity index (χ1n) is 30.5. The van der Waals surface area contributed by atoms with Gasteiger partial charge in [0.25, 0.3) is 11.8 Å². The molecule has 0 rings (SSSR count). The smallest absolute Gasteiger partial charge is 0.291 e. The molecule has 0 aliphatic rings. The molecule has 0 aromatic heterocycles. The normalized spacial score (nSPS) is 11.6. The Morgan fingerprint density at radius 2 is 0.500 bits per heavy atom. The van der Waals surface area contributed by atoms with Gasteiger partial charge in [-0.05, 0) is 37.8 Å². The molecule has 0 bridgehead atoms. The quantitative estimate of drug-likeness (QED) is 0.0264. The Morgan fingerprint density at radius 1 is 0.338 bits per heavy atom. The number of carbonyl (C=O) groups is 2. The Labute approximate surface area is 438 Å². The third-order valence-corrected chi connectivity index (χ3v) is 14.9. The Bertz CT molecular complexity index is 1000. The van der Waals surface area contributed by atoms with Gasteiger partial charge in [0.2, 0.25) is 6.04 Å². The Kier molecular flexibility index (Phi) is 54.4. The highest BCUT2D eigenvalue weighted by molar-refractivity contribution is 6.03. The van der Waals surface area contributed by atoms with Crippen LogP contribution in [0.1, 0.15) is 310 Å². The lowest BCUT2D eigenvalue weighted by Crippen LogP contribution is -3.00. The Hall–Kier alpha value is -1.14. The van der Waals surface area contributed by atoms with Gasteiger partial charge in [0.05, 0.1) is 20.1 Å². The first kappa shape index (κ1) is 68.9. The SMILES string of the molecule is C=CC[N+](C)(CC=C)C(C(=O)N(CCCCCCCCCCCC)CCCCCCCCCCCCCC)C(=O)N(CCCCCCCCCCCC)CCCCCCCCCCCCCC.[Br-]. The summed E-state index contributed by atoms with van der Waals surface area (Å²) in [7, 11) is 2.12. The maximum absolute atomic E-state index is 15.3. The summed E-state index contributed by atoms with van der Waals surface area (Å²) < 4.78 is 0.324.